The maximum absolute atomic E-state index is 5.75. The van der Waals surface area contributed by atoms with Gasteiger partial charge < -0.3 is 24.8 Å². The molecule has 0 saturated carbocycles. The number of nitrogens with one attached hydrogen (secondary N) is 2. The lowest BCUT2D eigenvalue weighted by Gasteiger charge is -2.14. The molecule has 6 nitrogen and oxygen atoms in total. The standard InChI is InChI=1S/C19H31N3O3/c1-4-24-18-7-6-16(12-15(18)2)13-22-19(20-3)21-9-5-10-25-17-8-11-23-14-17/h6-7,12,17H,4-5,8-11,13-14H2,1-3H3,(H2,20,21,22). The van der Waals surface area contributed by atoms with Crippen LogP contribution in [0, 0.1) is 6.92 Å². The Balaban J connectivity index is 1.65. The Kier molecular flexibility index (Phi) is 8.55. The smallest absolute Gasteiger partial charge is 0.191 e. The zero-order chi connectivity index (χ0) is 17.9. The third-order valence-electron chi connectivity index (χ3n) is 4.08. The van der Waals surface area contributed by atoms with E-state index in [0.29, 0.717) is 6.61 Å². The molecule has 140 valence electrons. The molecular weight excluding hydrogens is 318 g/mol. The van der Waals surface area contributed by atoms with E-state index in [4.69, 9.17) is 14.2 Å². The van der Waals surface area contributed by atoms with Gasteiger partial charge in [-0.1, -0.05) is 12.1 Å². The summed E-state index contributed by atoms with van der Waals surface area (Å²) in [6.45, 7) is 8.61. The van der Waals surface area contributed by atoms with E-state index < -0.39 is 0 Å². The van der Waals surface area contributed by atoms with Gasteiger partial charge in [0.2, 0.25) is 0 Å². The number of hydrogen-bond donors (Lipinski definition) is 2. The monoisotopic (exact) mass is 349 g/mol. The zero-order valence-corrected chi connectivity index (χ0v) is 15.6. The molecule has 1 atom stereocenters. The second-order valence-corrected chi connectivity index (χ2v) is 6.10. The highest BCUT2D eigenvalue weighted by molar-refractivity contribution is 5.79. The van der Waals surface area contributed by atoms with Crippen molar-refractivity contribution < 1.29 is 14.2 Å². The SMILES string of the molecule is CCOc1ccc(CNC(=NC)NCCCOC2CCOC2)cc1C. The minimum atomic E-state index is 0.278. The van der Waals surface area contributed by atoms with Crippen molar-refractivity contribution in [1.29, 1.82) is 0 Å². The van der Waals surface area contributed by atoms with E-state index in [-0.39, 0.29) is 6.10 Å². The van der Waals surface area contributed by atoms with Gasteiger partial charge in [0.05, 0.1) is 19.3 Å². The van der Waals surface area contributed by atoms with Crippen molar-refractivity contribution in [1.82, 2.24) is 10.6 Å². The van der Waals surface area contributed by atoms with Crippen LogP contribution in [0.3, 0.4) is 0 Å². The summed E-state index contributed by atoms with van der Waals surface area (Å²) in [5.74, 6) is 1.75. The number of hydrogen-bond acceptors (Lipinski definition) is 4. The molecule has 0 spiro atoms. The van der Waals surface area contributed by atoms with Gasteiger partial charge in [-0.05, 0) is 43.9 Å². The summed E-state index contributed by atoms with van der Waals surface area (Å²) in [5.41, 5.74) is 2.35. The number of aryl methyl sites for hydroxylation is 1. The van der Waals surface area contributed by atoms with Gasteiger partial charge in [-0.25, -0.2) is 0 Å². The average molecular weight is 349 g/mol. The Bertz CT molecular complexity index is 543. The lowest BCUT2D eigenvalue weighted by atomic mass is 10.1. The van der Waals surface area contributed by atoms with Gasteiger partial charge in [0.15, 0.2) is 5.96 Å². The summed E-state index contributed by atoms with van der Waals surface area (Å²) in [6.07, 6.45) is 2.23. The predicted molar refractivity (Wildman–Crippen MR) is 100 cm³/mol. The number of rotatable bonds is 9. The van der Waals surface area contributed by atoms with E-state index >= 15 is 0 Å². The van der Waals surface area contributed by atoms with Crippen LogP contribution in [0.5, 0.6) is 5.75 Å². The Labute approximate surface area is 151 Å². The fourth-order valence-electron chi connectivity index (χ4n) is 2.72. The molecule has 0 aromatic heterocycles. The van der Waals surface area contributed by atoms with Crippen LogP contribution in [0.2, 0.25) is 0 Å². The van der Waals surface area contributed by atoms with E-state index in [9.17, 15) is 0 Å². The fraction of sp³-hybridized carbons (Fsp3) is 0.632. The second kappa shape index (κ2) is 10.9. The van der Waals surface area contributed by atoms with Crippen LogP contribution in [0.15, 0.2) is 23.2 Å². The largest absolute Gasteiger partial charge is 0.494 e. The first-order valence-electron chi connectivity index (χ1n) is 9.09. The van der Waals surface area contributed by atoms with Gasteiger partial charge in [0.25, 0.3) is 0 Å². The molecule has 0 amide bonds. The summed E-state index contributed by atoms with van der Waals surface area (Å²) >= 11 is 0. The third kappa shape index (κ3) is 6.92. The molecule has 1 aliphatic rings. The molecule has 1 aliphatic heterocycles. The molecule has 0 radical (unpaired) electrons. The summed E-state index contributed by atoms with van der Waals surface area (Å²) in [7, 11) is 1.78. The minimum absolute atomic E-state index is 0.278. The highest BCUT2D eigenvalue weighted by atomic mass is 16.5. The highest BCUT2D eigenvalue weighted by Gasteiger charge is 2.15. The molecule has 2 N–H and O–H groups in total. The second-order valence-electron chi connectivity index (χ2n) is 6.10. The Morgan fingerprint density at radius 1 is 1.36 bits per heavy atom. The lowest BCUT2D eigenvalue weighted by Crippen LogP contribution is -2.37. The number of guanidine groups is 1. The Morgan fingerprint density at radius 2 is 2.24 bits per heavy atom. The van der Waals surface area contributed by atoms with Crippen molar-refractivity contribution in [3.05, 3.63) is 29.3 Å². The molecule has 1 aromatic rings. The Morgan fingerprint density at radius 3 is 2.92 bits per heavy atom. The third-order valence-corrected chi connectivity index (χ3v) is 4.08. The summed E-state index contributed by atoms with van der Waals surface area (Å²) in [6, 6.07) is 6.24. The van der Waals surface area contributed by atoms with Crippen LogP contribution in [-0.4, -0.2) is 52.1 Å². The number of ether oxygens (including phenoxy) is 3. The van der Waals surface area contributed by atoms with Crippen LogP contribution in [0.1, 0.15) is 30.9 Å². The van der Waals surface area contributed by atoms with Crippen molar-refractivity contribution in [3.8, 4) is 5.75 Å². The van der Waals surface area contributed by atoms with E-state index in [1.165, 1.54) is 5.56 Å². The van der Waals surface area contributed by atoms with E-state index in [1.54, 1.807) is 7.05 Å². The zero-order valence-electron chi connectivity index (χ0n) is 15.6. The summed E-state index contributed by atoms with van der Waals surface area (Å²) in [4.78, 5) is 4.26. The predicted octanol–water partition coefficient (Wildman–Crippen LogP) is 2.25. The maximum Gasteiger partial charge on any atom is 0.191 e. The van der Waals surface area contributed by atoms with Gasteiger partial charge >= 0.3 is 0 Å². The molecule has 1 saturated heterocycles. The first-order valence-corrected chi connectivity index (χ1v) is 9.09. The van der Waals surface area contributed by atoms with Gasteiger partial charge in [-0.3, -0.25) is 4.99 Å². The van der Waals surface area contributed by atoms with E-state index in [0.717, 1.165) is 63.0 Å². The van der Waals surface area contributed by atoms with Crippen molar-refractivity contribution in [2.45, 2.75) is 39.3 Å². The first kappa shape index (κ1) is 19.5. The normalized spacial score (nSPS) is 17.6. The van der Waals surface area contributed by atoms with Crippen molar-refractivity contribution >= 4 is 5.96 Å². The van der Waals surface area contributed by atoms with E-state index in [1.807, 2.05) is 13.0 Å². The molecule has 1 heterocycles. The molecule has 2 rings (SSSR count). The molecule has 0 aliphatic carbocycles. The first-order chi connectivity index (χ1) is 12.2. The fourth-order valence-corrected chi connectivity index (χ4v) is 2.72. The molecule has 1 unspecified atom stereocenters. The van der Waals surface area contributed by atoms with Gasteiger partial charge in [-0.2, -0.15) is 0 Å². The summed E-state index contributed by atoms with van der Waals surface area (Å²) in [5, 5.41) is 6.65. The van der Waals surface area contributed by atoms with Crippen LogP contribution in [0.25, 0.3) is 0 Å². The van der Waals surface area contributed by atoms with Gasteiger partial charge in [-0.15, -0.1) is 0 Å². The van der Waals surface area contributed by atoms with Crippen LogP contribution in [-0.2, 0) is 16.0 Å². The maximum atomic E-state index is 5.75. The quantitative estimate of drug-likeness (QED) is 0.407. The van der Waals surface area contributed by atoms with E-state index in [2.05, 4.69) is 34.7 Å². The average Bonchev–Trinajstić information content (AvgIpc) is 3.13. The van der Waals surface area contributed by atoms with Crippen molar-refractivity contribution in [2.75, 3.05) is 40.0 Å². The lowest BCUT2D eigenvalue weighted by molar-refractivity contribution is 0.0420. The van der Waals surface area contributed by atoms with Crippen molar-refractivity contribution in [2.24, 2.45) is 4.99 Å². The highest BCUT2D eigenvalue weighted by Crippen LogP contribution is 2.18. The Hall–Kier alpha value is -1.79. The number of aliphatic imine (C=N–C) groups is 1. The molecule has 0 bridgehead atoms. The van der Waals surface area contributed by atoms with Gasteiger partial charge in [0, 0.05) is 33.4 Å². The number of nitrogens with zero attached hydrogens (tertiary/aromatic N) is 1. The summed E-state index contributed by atoms with van der Waals surface area (Å²) < 4.78 is 16.6. The van der Waals surface area contributed by atoms with Crippen LogP contribution >= 0.6 is 0 Å². The molecule has 1 fully saturated rings. The van der Waals surface area contributed by atoms with Crippen LogP contribution < -0.4 is 15.4 Å². The molecule has 1 aromatic carbocycles. The molecule has 6 heteroatoms. The van der Waals surface area contributed by atoms with Crippen molar-refractivity contribution in [3.63, 3.8) is 0 Å². The number of benzene rings is 1. The minimum Gasteiger partial charge on any atom is -0.494 e. The van der Waals surface area contributed by atoms with Gasteiger partial charge in [0.1, 0.15) is 5.75 Å². The molecular formula is C19H31N3O3. The topological polar surface area (TPSA) is 64.1 Å². The molecule has 25 heavy (non-hydrogen) atoms. The van der Waals surface area contributed by atoms with Crippen LogP contribution in [0.4, 0.5) is 0 Å².